The second kappa shape index (κ2) is 6.63. The Kier molecular flexibility index (Phi) is 4.87. The Hall–Kier alpha value is -1.46. The lowest BCUT2D eigenvalue weighted by molar-refractivity contribution is 0.0943. The topological polar surface area (TPSA) is 54.9 Å². The van der Waals surface area contributed by atoms with Crippen molar-refractivity contribution in [2.45, 2.75) is 19.4 Å². The fourth-order valence-electron chi connectivity index (χ4n) is 1.73. The van der Waals surface area contributed by atoms with Crippen molar-refractivity contribution in [2.24, 2.45) is 0 Å². The minimum absolute atomic E-state index is 0.165. The Bertz CT molecular complexity index is 544. The molecule has 1 N–H and O–H groups in total. The zero-order chi connectivity index (χ0) is 13.7. The first kappa shape index (κ1) is 14.0. The molecule has 1 aromatic heterocycles. The van der Waals surface area contributed by atoms with Gasteiger partial charge in [-0.15, -0.1) is 16.7 Å². The first-order valence-corrected chi connectivity index (χ1v) is 7.30. The van der Waals surface area contributed by atoms with Crippen molar-refractivity contribution in [3.05, 3.63) is 46.5 Å². The molecule has 1 atom stereocenters. The number of aromatic nitrogens is 2. The molecule has 1 aromatic carbocycles. The Labute approximate surface area is 121 Å². The molecule has 0 spiro atoms. The van der Waals surface area contributed by atoms with E-state index < -0.39 is 0 Å². The van der Waals surface area contributed by atoms with E-state index in [9.17, 15) is 4.79 Å². The molecule has 2 rings (SSSR count). The fraction of sp³-hybridized carbons (Fsp3) is 0.308. The maximum atomic E-state index is 12.2. The van der Waals surface area contributed by atoms with Crippen LogP contribution in [0.1, 0.15) is 33.9 Å². The van der Waals surface area contributed by atoms with Gasteiger partial charge >= 0.3 is 0 Å². The summed E-state index contributed by atoms with van der Waals surface area (Å²) < 4.78 is 3.82. The molecule has 1 unspecified atom stereocenters. The van der Waals surface area contributed by atoms with Crippen LogP contribution in [0.2, 0.25) is 0 Å². The van der Waals surface area contributed by atoms with Gasteiger partial charge in [-0.3, -0.25) is 4.79 Å². The van der Waals surface area contributed by atoms with Crippen LogP contribution in [0.25, 0.3) is 0 Å². The molecule has 0 saturated carbocycles. The van der Waals surface area contributed by atoms with Gasteiger partial charge in [-0.2, -0.15) is 0 Å². The molecule has 0 fully saturated rings. The van der Waals surface area contributed by atoms with Gasteiger partial charge in [-0.1, -0.05) is 41.7 Å². The van der Waals surface area contributed by atoms with Crippen LogP contribution < -0.4 is 5.32 Å². The standard InChI is InChI=1S/C13H14ClN3OS/c1-2-10-12(19-17-16-10)13(18)15-11(8-14)9-6-4-3-5-7-9/h3-7,11H,2,8H2,1H3,(H,15,18). The zero-order valence-corrected chi connectivity index (χ0v) is 12.0. The molecule has 4 nitrogen and oxygen atoms in total. The molecule has 100 valence electrons. The summed E-state index contributed by atoms with van der Waals surface area (Å²) in [4.78, 5) is 12.8. The highest BCUT2D eigenvalue weighted by atomic mass is 35.5. The van der Waals surface area contributed by atoms with Crippen LogP contribution in [-0.2, 0) is 6.42 Å². The number of carbonyl (C=O) groups excluding carboxylic acids is 1. The Balaban J connectivity index is 2.13. The van der Waals surface area contributed by atoms with Crippen molar-refractivity contribution in [3.8, 4) is 0 Å². The van der Waals surface area contributed by atoms with E-state index in [-0.39, 0.29) is 11.9 Å². The minimum Gasteiger partial charge on any atom is -0.343 e. The summed E-state index contributed by atoms with van der Waals surface area (Å²) in [5, 5.41) is 6.86. The van der Waals surface area contributed by atoms with Gasteiger partial charge in [-0.05, 0) is 23.5 Å². The van der Waals surface area contributed by atoms with Gasteiger partial charge in [0.15, 0.2) is 0 Å². The normalized spacial score (nSPS) is 12.1. The van der Waals surface area contributed by atoms with Crippen LogP contribution >= 0.6 is 23.1 Å². The van der Waals surface area contributed by atoms with Crippen molar-refractivity contribution in [1.29, 1.82) is 0 Å². The second-order valence-corrected chi connectivity index (χ2v) is 5.06. The summed E-state index contributed by atoms with van der Waals surface area (Å²) in [6.07, 6.45) is 0.691. The van der Waals surface area contributed by atoms with E-state index in [1.807, 2.05) is 37.3 Å². The monoisotopic (exact) mass is 295 g/mol. The molecular weight excluding hydrogens is 282 g/mol. The van der Waals surface area contributed by atoms with Crippen molar-refractivity contribution < 1.29 is 4.79 Å². The van der Waals surface area contributed by atoms with Crippen LogP contribution in [0.4, 0.5) is 0 Å². The Morgan fingerprint density at radius 3 is 2.79 bits per heavy atom. The van der Waals surface area contributed by atoms with E-state index in [4.69, 9.17) is 11.6 Å². The van der Waals surface area contributed by atoms with E-state index in [2.05, 4.69) is 14.9 Å². The van der Waals surface area contributed by atoms with Gasteiger partial charge in [0.05, 0.1) is 11.7 Å². The van der Waals surface area contributed by atoms with E-state index in [1.165, 1.54) is 0 Å². The molecule has 0 bridgehead atoms. The first-order chi connectivity index (χ1) is 9.26. The van der Waals surface area contributed by atoms with Crippen LogP contribution in [0.15, 0.2) is 30.3 Å². The Morgan fingerprint density at radius 1 is 1.42 bits per heavy atom. The Morgan fingerprint density at radius 2 is 2.16 bits per heavy atom. The molecule has 1 amide bonds. The lowest BCUT2D eigenvalue weighted by Gasteiger charge is -2.15. The lowest BCUT2D eigenvalue weighted by atomic mass is 10.1. The van der Waals surface area contributed by atoms with Gasteiger partial charge in [0.1, 0.15) is 4.88 Å². The molecule has 19 heavy (non-hydrogen) atoms. The summed E-state index contributed by atoms with van der Waals surface area (Å²) in [6, 6.07) is 9.46. The van der Waals surface area contributed by atoms with Gasteiger partial charge in [-0.25, -0.2) is 0 Å². The van der Waals surface area contributed by atoms with Crippen LogP contribution in [0, 0.1) is 0 Å². The number of amides is 1. The summed E-state index contributed by atoms with van der Waals surface area (Å²) in [5.41, 5.74) is 1.71. The number of hydrogen-bond acceptors (Lipinski definition) is 4. The van der Waals surface area contributed by atoms with Crippen molar-refractivity contribution in [3.63, 3.8) is 0 Å². The average molecular weight is 296 g/mol. The van der Waals surface area contributed by atoms with Crippen molar-refractivity contribution in [2.75, 3.05) is 5.88 Å². The maximum absolute atomic E-state index is 12.2. The third-order valence-electron chi connectivity index (χ3n) is 2.76. The largest absolute Gasteiger partial charge is 0.343 e. The number of alkyl halides is 1. The highest BCUT2D eigenvalue weighted by Crippen LogP contribution is 2.17. The molecule has 0 aliphatic carbocycles. The molecule has 0 radical (unpaired) electrons. The molecule has 0 aliphatic rings. The van der Waals surface area contributed by atoms with Crippen molar-refractivity contribution in [1.82, 2.24) is 14.9 Å². The summed E-state index contributed by atoms with van der Waals surface area (Å²) >= 11 is 7.05. The smallest absolute Gasteiger partial charge is 0.265 e. The van der Waals surface area contributed by atoms with E-state index in [1.54, 1.807) is 0 Å². The molecule has 0 saturated heterocycles. The molecule has 1 heterocycles. The van der Waals surface area contributed by atoms with Crippen LogP contribution in [0.3, 0.4) is 0 Å². The third kappa shape index (κ3) is 3.30. The summed E-state index contributed by atoms with van der Waals surface area (Å²) in [5.74, 6) is 0.157. The number of hydrogen-bond donors (Lipinski definition) is 1. The number of halogens is 1. The molecular formula is C13H14ClN3OS. The zero-order valence-electron chi connectivity index (χ0n) is 10.5. The number of nitrogens with zero attached hydrogens (tertiary/aromatic N) is 2. The maximum Gasteiger partial charge on any atom is 0.265 e. The first-order valence-electron chi connectivity index (χ1n) is 5.99. The van der Waals surface area contributed by atoms with Gasteiger partial charge in [0.25, 0.3) is 5.91 Å². The SMILES string of the molecule is CCc1nnsc1C(=O)NC(CCl)c1ccccc1. The fourth-order valence-corrected chi connectivity index (χ4v) is 2.64. The lowest BCUT2D eigenvalue weighted by Crippen LogP contribution is -2.29. The number of carbonyl (C=O) groups is 1. The minimum atomic E-state index is -0.206. The molecule has 6 heteroatoms. The van der Waals surface area contributed by atoms with Crippen LogP contribution in [0.5, 0.6) is 0 Å². The van der Waals surface area contributed by atoms with Gasteiger partial charge in [0.2, 0.25) is 0 Å². The summed E-state index contributed by atoms with van der Waals surface area (Å²) in [6.45, 7) is 1.95. The van der Waals surface area contributed by atoms with E-state index in [0.717, 1.165) is 22.8 Å². The number of aryl methyl sites for hydroxylation is 1. The van der Waals surface area contributed by atoms with Crippen molar-refractivity contribution >= 4 is 29.0 Å². The number of nitrogens with one attached hydrogen (secondary N) is 1. The second-order valence-electron chi connectivity index (χ2n) is 3.99. The summed E-state index contributed by atoms with van der Waals surface area (Å²) in [7, 11) is 0. The van der Waals surface area contributed by atoms with Gasteiger partial charge in [0, 0.05) is 5.88 Å². The van der Waals surface area contributed by atoms with Gasteiger partial charge < -0.3 is 5.32 Å². The average Bonchev–Trinajstić information content (AvgIpc) is 2.94. The predicted molar refractivity (Wildman–Crippen MR) is 76.7 cm³/mol. The highest BCUT2D eigenvalue weighted by Gasteiger charge is 2.19. The van der Waals surface area contributed by atoms with E-state index >= 15 is 0 Å². The quantitative estimate of drug-likeness (QED) is 0.863. The number of benzene rings is 1. The van der Waals surface area contributed by atoms with Crippen LogP contribution in [-0.4, -0.2) is 21.4 Å². The highest BCUT2D eigenvalue weighted by molar-refractivity contribution is 7.08. The van der Waals surface area contributed by atoms with E-state index in [0.29, 0.717) is 17.2 Å². The number of rotatable bonds is 5. The predicted octanol–water partition coefficient (Wildman–Crippen LogP) is 2.81. The third-order valence-corrected chi connectivity index (χ3v) is 3.83. The molecule has 0 aliphatic heterocycles. The molecule has 2 aromatic rings.